The molecule has 1 amide bonds. The Labute approximate surface area is 411 Å². The van der Waals surface area contributed by atoms with Gasteiger partial charge < -0.3 is 20.3 Å². The van der Waals surface area contributed by atoms with Gasteiger partial charge in [0.1, 0.15) is 6.10 Å². The van der Waals surface area contributed by atoms with E-state index in [0.29, 0.717) is 19.3 Å². The van der Waals surface area contributed by atoms with Gasteiger partial charge in [0.25, 0.3) is 0 Å². The van der Waals surface area contributed by atoms with E-state index in [1.807, 2.05) is 0 Å². The van der Waals surface area contributed by atoms with Crippen LogP contribution in [0, 0.1) is 0 Å². The fourth-order valence-corrected chi connectivity index (χ4v) is 9.35. The van der Waals surface area contributed by atoms with Crippen molar-refractivity contribution in [1.82, 2.24) is 5.32 Å². The molecule has 0 aromatic rings. The van der Waals surface area contributed by atoms with Crippen molar-refractivity contribution in [3.63, 3.8) is 0 Å². The molecule has 0 saturated heterocycles. The smallest absolute Gasteiger partial charge is 0.306 e. The van der Waals surface area contributed by atoms with Gasteiger partial charge >= 0.3 is 5.97 Å². The van der Waals surface area contributed by atoms with Gasteiger partial charge in [-0.2, -0.15) is 0 Å². The Morgan fingerprint density at radius 1 is 0.455 bits per heavy atom. The molecule has 3 unspecified atom stereocenters. The summed E-state index contributed by atoms with van der Waals surface area (Å²) in [5.74, 6) is -0.462. The molecule has 3 atom stereocenters. The average Bonchev–Trinajstić information content (AvgIpc) is 3.31. The summed E-state index contributed by atoms with van der Waals surface area (Å²) in [4.78, 5) is 26.3. The maximum atomic E-state index is 13.3. The number of hydrogen-bond acceptors (Lipinski definition) is 5. The van der Waals surface area contributed by atoms with Crippen LogP contribution in [-0.4, -0.2) is 46.9 Å². The van der Waals surface area contributed by atoms with Gasteiger partial charge in [0.05, 0.1) is 25.2 Å². The van der Waals surface area contributed by atoms with Crippen molar-refractivity contribution in [1.29, 1.82) is 0 Å². The van der Waals surface area contributed by atoms with Gasteiger partial charge in [-0.1, -0.05) is 283 Å². The van der Waals surface area contributed by atoms with Crippen LogP contribution in [0.5, 0.6) is 0 Å². The summed E-state index contributed by atoms with van der Waals surface area (Å²) in [5, 5.41) is 23.9. The molecule has 0 aromatic carbocycles. The minimum absolute atomic E-state index is 0.0808. The van der Waals surface area contributed by atoms with Crippen molar-refractivity contribution < 1.29 is 24.5 Å². The van der Waals surface area contributed by atoms with Crippen LogP contribution in [-0.2, 0) is 14.3 Å². The molecular formula is C60H115NO5. The highest BCUT2D eigenvalue weighted by atomic mass is 16.5. The molecule has 6 nitrogen and oxygen atoms in total. The number of esters is 1. The Bertz CT molecular complexity index is 1040. The number of aliphatic hydroxyl groups is 2. The molecular weight excluding hydrogens is 815 g/mol. The maximum Gasteiger partial charge on any atom is 0.306 e. The van der Waals surface area contributed by atoms with Gasteiger partial charge in [0.15, 0.2) is 0 Å². The van der Waals surface area contributed by atoms with Gasteiger partial charge in [-0.05, 0) is 51.4 Å². The molecule has 390 valence electrons. The van der Waals surface area contributed by atoms with Crippen LogP contribution in [0.3, 0.4) is 0 Å². The van der Waals surface area contributed by atoms with E-state index in [-0.39, 0.29) is 24.9 Å². The third kappa shape index (κ3) is 48.8. The van der Waals surface area contributed by atoms with E-state index in [9.17, 15) is 19.8 Å². The Morgan fingerprint density at radius 3 is 1.23 bits per heavy atom. The number of ether oxygens (including phenoxy) is 1. The van der Waals surface area contributed by atoms with Crippen molar-refractivity contribution in [2.75, 3.05) is 6.61 Å². The predicted octanol–water partition coefficient (Wildman–Crippen LogP) is 18.2. The van der Waals surface area contributed by atoms with E-state index >= 15 is 0 Å². The van der Waals surface area contributed by atoms with Crippen molar-refractivity contribution in [2.24, 2.45) is 0 Å². The molecule has 66 heavy (non-hydrogen) atoms. The molecule has 0 aliphatic carbocycles. The largest absolute Gasteiger partial charge is 0.462 e. The first-order chi connectivity index (χ1) is 32.5. The molecule has 0 aliphatic heterocycles. The number of amides is 1. The molecule has 0 fully saturated rings. The highest BCUT2D eigenvalue weighted by molar-refractivity contribution is 5.77. The van der Waals surface area contributed by atoms with E-state index in [0.717, 1.165) is 64.2 Å². The number of carbonyl (C=O) groups is 2. The highest BCUT2D eigenvalue weighted by Gasteiger charge is 2.24. The monoisotopic (exact) mass is 930 g/mol. The van der Waals surface area contributed by atoms with E-state index in [1.54, 1.807) is 0 Å². The van der Waals surface area contributed by atoms with E-state index < -0.39 is 18.2 Å². The zero-order valence-corrected chi connectivity index (χ0v) is 44.6. The third-order valence-corrected chi connectivity index (χ3v) is 13.8. The summed E-state index contributed by atoms with van der Waals surface area (Å²) < 4.78 is 5.97. The minimum atomic E-state index is -0.786. The lowest BCUT2D eigenvalue weighted by atomic mass is 10.0. The molecule has 0 saturated carbocycles. The molecule has 0 radical (unpaired) electrons. The second kappa shape index (κ2) is 54.3. The van der Waals surface area contributed by atoms with Crippen LogP contribution < -0.4 is 5.32 Å². The Morgan fingerprint density at radius 2 is 0.818 bits per heavy atom. The quantitative estimate of drug-likeness (QED) is 0.0321. The van der Waals surface area contributed by atoms with Crippen molar-refractivity contribution >= 4 is 11.9 Å². The summed E-state index contributed by atoms with van der Waals surface area (Å²) in [6, 6.07) is -0.699. The van der Waals surface area contributed by atoms with Crippen LogP contribution in [0.4, 0.5) is 0 Å². The molecule has 0 heterocycles. The third-order valence-electron chi connectivity index (χ3n) is 13.8. The van der Waals surface area contributed by atoms with Crippen LogP contribution in [0.1, 0.15) is 323 Å². The lowest BCUT2D eigenvalue weighted by molar-refractivity contribution is -0.151. The maximum absolute atomic E-state index is 13.3. The molecule has 0 aromatic heterocycles. The summed E-state index contributed by atoms with van der Waals surface area (Å²) in [5.41, 5.74) is 0. The van der Waals surface area contributed by atoms with Crippen molar-refractivity contribution in [2.45, 2.75) is 341 Å². The van der Waals surface area contributed by atoms with Crippen LogP contribution in [0.25, 0.3) is 0 Å². The lowest BCUT2D eigenvalue weighted by Crippen LogP contribution is -2.46. The van der Waals surface area contributed by atoms with Gasteiger partial charge in [0, 0.05) is 6.42 Å². The first-order valence-electron chi connectivity index (χ1n) is 29.6. The average molecular weight is 931 g/mol. The number of allylic oxidation sites excluding steroid dienone is 4. The molecule has 0 rings (SSSR count). The van der Waals surface area contributed by atoms with Gasteiger partial charge in [-0.15, -0.1) is 0 Å². The van der Waals surface area contributed by atoms with Crippen molar-refractivity contribution in [3.8, 4) is 0 Å². The van der Waals surface area contributed by atoms with Crippen LogP contribution >= 0.6 is 0 Å². The summed E-state index contributed by atoms with van der Waals surface area (Å²) in [6.07, 6.45) is 63.9. The predicted molar refractivity (Wildman–Crippen MR) is 287 cm³/mol. The Balaban J connectivity index is 4.50. The number of nitrogens with one attached hydrogen (secondary N) is 1. The molecule has 0 aliphatic rings. The highest BCUT2D eigenvalue weighted by Crippen LogP contribution is 2.19. The fourth-order valence-electron chi connectivity index (χ4n) is 9.35. The van der Waals surface area contributed by atoms with Crippen molar-refractivity contribution in [3.05, 3.63) is 24.3 Å². The van der Waals surface area contributed by atoms with Gasteiger partial charge in [-0.3, -0.25) is 9.59 Å². The second-order valence-electron chi connectivity index (χ2n) is 20.4. The Kier molecular flexibility index (Phi) is 52.9. The van der Waals surface area contributed by atoms with E-state index in [2.05, 4.69) is 50.4 Å². The molecule has 6 heteroatoms. The van der Waals surface area contributed by atoms with Crippen LogP contribution in [0.15, 0.2) is 24.3 Å². The molecule has 3 N–H and O–H groups in total. The first-order valence-corrected chi connectivity index (χ1v) is 29.6. The summed E-state index contributed by atoms with van der Waals surface area (Å²) in [6.45, 7) is 6.43. The standard InChI is InChI=1S/C60H115NO5/c1-4-7-10-13-16-19-22-25-28-30-31-33-36-39-42-45-48-51-56(66-60(65)53-50-47-44-41-38-35-27-24-21-18-15-12-9-6-3)54-59(64)61-57(55-62)58(63)52-49-46-43-40-37-34-32-29-26-23-20-17-14-11-8-5-2/h9,12,18,21,56-58,62-63H,4-8,10-11,13-17,19-20,22-55H2,1-3H3,(H,61,64)/b12-9+,21-18+. The minimum Gasteiger partial charge on any atom is -0.462 e. The van der Waals surface area contributed by atoms with E-state index in [4.69, 9.17) is 4.74 Å². The van der Waals surface area contributed by atoms with Gasteiger partial charge in [0.2, 0.25) is 5.91 Å². The number of rotatable bonds is 54. The first kappa shape index (κ1) is 64.3. The number of carbonyl (C=O) groups excluding carboxylic acids is 2. The second-order valence-corrected chi connectivity index (χ2v) is 20.4. The fraction of sp³-hybridized carbons (Fsp3) is 0.900. The SMILES string of the molecule is CC/C=C/C/C=C/CCCCCCCCCC(=O)OC(CCCCCCCCCCCCCCCCCCC)CC(=O)NC(CO)C(O)CCCCCCCCCCCCCCCCCC. The number of hydrogen-bond donors (Lipinski definition) is 3. The Hall–Kier alpha value is -1.66. The molecule has 0 bridgehead atoms. The zero-order chi connectivity index (χ0) is 48.1. The summed E-state index contributed by atoms with van der Waals surface area (Å²) >= 11 is 0. The van der Waals surface area contributed by atoms with Crippen LogP contribution in [0.2, 0.25) is 0 Å². The normalized spacial score (nSPS) is 13.2. The summed E-state index contributed by atoms with van der Waals surface area (Å²) in [7, 11) is 0. The number of unbranched alkanes of at least 4 members (excludes halogenated alkanes) is 38. The number of aliphatic hydroxyl groups excluding tert-OH is 2. The van der Waals surface area contributed by atoms with Gasteiger partial charge in [-0.25, -0.2) is 0 Å². The zero-order valence-electron chi connectivity index (χ0n) is 44.6. The topological polar surface area (TPSA) is 95.9 Å². The lowest BCUT2D eigenvalue weighted by Gasteiger charge is -2.24. The van der Waals surface area contributed by atoms with E-state index in [1.165, 1.54) is 212 Å². The molecule has 0 spiro atoms.